The summed E-state index contributed by atoms with van der Waals surface area (Å²) < 4.78 is 3.11. The Morgan fingerprint density at radius 3 is 2.62 bits per heavy atom. The molecule has 2 aromatic rings. The summed E-state index contributed by atoms with van der Waals surface area (Å²) in [7, 11) is 0. The first-order valence-corrected chi connectivity index (χ1v) is 10.3. The largest absolute Gasteiger partial charge is 0.332 e. The molecule has 0 radical (unpaired) electrons. The number of hydrogen-bond donors (Lipinski definition) is 2. The number of rotatable bonds is 9. The standard InChI is InChI=1S/C16H26N4O2S2/c1-4-19-14(21)13-11(3)12(10-18-7-6-17)24-15(13)20(16(19)22)8-9-23-5-2/h18H,4-10,17H2,1-3H3. The molecular formula is C16H26N4O2S2. The average Bonchev–Trinajstić information content (AvgIpc) is 2.88. The van der Waals surface area contributed by atoms with Gasteiger partial charge in [-0.15, -0.1) is 11.3 Å². The van der Waals surface area contributed by atoms with E-state index in [1.54, 1.807) is 27.7 Å². The van der Waals surface area contributed by atoms with Gasteiger partial charge in [0.15, 0.2) is 0 Å². The molecule has 0 bridgehead atoms. The molecule has 0 unspecified atom stereocenters. The van der Waals surface area contributed by atoms with Crippen molar-refractivity contribution in [1.82, 2.24) is 14.5 Å². The summed E-state index contributed by atoms with van der Waals surface area (Å²) >= 11 is 3.34. The lowest BCUT2D eigenvalue weighted by atomic mass is 10.2. The van der Waals surface area contributed by atoms with Crippen LogP contribution < -0.4 is 22.3 Å². The Bertz CT molecular complexity index is 807. The molecule has 134 valence electrons. The zero-order valence-electron chi connectivity index (χ0n) is 14.6. The first-order valence-electron chi connectivity index (χ1n) is 8.30. The Labute approximate surface area is 150 Å². The minimum absolute atomic E-state index is 0.171. The lowest BCUT2D eigenvalue weighted by Gasteiger charge is -2.10. The molecule has 0 aliphatic carbocycles. The molecule has 0 aliphatic rings. The molecule has 0 fully saturated rings. The second kappa shape index (κ2) is 8.84. The quantitative estimate of drug-likeness (QED) is 0.651. The second-order valence-electron chi connectivity index (χ2n) is 5.48. The number of nitrogens with zero attached hydrogens (tertiary/aromatic N) is 2. The van der Waals surface area contributed by atoms with Crippen molar-refractivity contribution >= 4 is 33.3 Å². The van der Waals surface area contributed by atoms with Crippen LogP contribution in [0.4, 0.5) is 0 Å². The lowest BCUT2D eigenvalue weighted by molar-refractivity contribution is 0.614. The SMILES string of the molecule is CCSCCn1c(=O)n(CC)c(=O)c2c(C)c(CNCCN)sc21. The maximum absolute atomic E-state index is 12.7. The van der Waals surface area contributed by atoms with Gasteiger partial charge in [0.1, 0.15) is 4.83 Å². The van der Waals surface area contributed by atoms with Gasteiger partial charge in [-0.3, -0.25) is 13.9 Å². The van der Waals surface area contributed by atoms with E-state index in [0.29, 0.717) is 31.6 Å². The number of fused-ring (bicyclic) bond motifs is 1. The van der Waals surface area contributed by atoms with Gasteiger partial charge < -0.3 is 11.1 Å². The van der Waals surface area contributed by atoms with Crippen LogP contribution in [0.2, 0.25) is 0 Å². The first-order chi connectivity index (χ1) is 11.6. The van der Waals surface area contributed by atoms with E-state index in [1.165, 1.54) is 4.57 Å². The number of nitrogens with one attached hydrogen (secondary N) is 1. The summed E-state index contributed by atoms with van der Waals surface area (Å²) in [6.07, 6.45) is 0. The van der Waals surface area contributed by atoms with Crippen molar-refractivity contribution in [1.29, 1.82) is 0 Å². The molecule has 0 saturated heterocycles. The van der Waals surface area contributed by atoms with E-state index in [4.69, 9.17) is 5.73 Å². The van der Waals surface area contributed by atoms with Crippen LogP contribution in [-0.4, -0.2) is 33.7 Å². The van der Waals surface area contributed by atoms with Gasteiger partial charge in [0, 0.05) is 43.4 Å². The fourth-order valence-corrected chi connectivity index (χ4v) is 4.57. The van der Waals surface area contributed by atoms with Crippen LogP contribution in [0.1, 0.15) is 24.3 Å². The van der Waals surface area contributed by atoms with Crippen molar-refractivity contribution in [2.24, 2.45) is 5.73 Å². The maximum Gasteiger partial charge on any atom is 0.332 e. The van der Waals surface area contributed by atoms with Crippen LogP contribution in [-0.2, 0) is 19.6 Å². The molecule has 3 N–H and O–H groups in total. The fraction of sp³-hybridized carbons (Fsp3) is 0.625. The number of thioether (sulfide) groups is 1. The number of nitrogens with two attached hydrogens (primary N) is 1. The highest BCUT2D eigenvalue weighted by Crippen LogP contribution is 2.27. The van der Waals surface area contributed by atoms with Gasteiger partial charge in [-0.2, -0.15) is 11.8 Å². The summed E-state index contributed by atoms with van der Waals surface area (Å²) in [5.74, 6) is 1.88. The van der Waals surface area contributed by atoms with Gasteiger partial charge in [0.05, 0.1) is 5.39 Å². The van der Waals surface area contributed by atoms with Crippen LogP contribution in [0.3, 0.4) is 0 Å². The number of thiophene rings is 1. The average molecular weight is 371 g/mol. The Morgan fingerprint density at radius 2 is 2.00 bits per heavy atom. The number of hydrogen-bond acceptors (Lipinski definition) is 6. The molecule has 8 heteroatoms. The van der Waals surface area contributed by atoms with Crippen LogP contribution in [0, 0.1) is 6.92 Å². The van der Waals surface area contributed by atoms with Gasteiger partial charge in [-0.25, -0.2) is 4.79 Å². The molecule has 0 saturated carbocycles. The van der Waals surface area contributed by atoms with Gasteiger partial charge >= 0.3 is 5.69 Å². The van der Waals surface area contributed by atoms with E-state index in [-0.39, 0.29) is 11.2 Å². The Morgan fingerprint density at radius 1 is 1.25 bits per heavy atom. The van der Waals surface area contributed by atoms with Gasteiger partial charge in [0.2, 0.25) is 0 Å². The van der Waals surface area contributed by atoms with Gasteiger partial charge in [-0.1, -0.05) is 6.92 Å². The summed E-state index contributed by atoms with van der Waals surface area (Å²) in [5, 5.41) is 3.96. The highest BCUT2D eigenvalue weighted by atomic mass is 32.2. The minimum atomic E-state index is -0.200. The molecule has 24 heavy (non-hydrogen) atoms. The lowest BCUT2D eigenvalue weighted by Crippen LogP contribution is -2.39. The first kappa shape index (κ1) is 19.2. The molecule has 2 aromatic heterocycles. The molecule has 0 aliphatic heterocycles. The number of aryl methyl sites for hydroxylation is 2. The zero-order valence-corrected chi connectivity index (χ0v) is 16.2. The van der Waals surface area contributed by atoms with E-state index >= 15 is 0 Å². The molecule has 0 amide bonds. The maximum atomic E-state index is 12.7. The highest BCUT2D eigenvalue weighted by molar-refractivity contribution is 7.99. The van der Waals surface area contributed by atoms with Crippen LogP contribution in [0.5, 0.6) is 0 Å². The monoisotopic (exact) mass is 370 g/mol. The van der Waals surface area contributed by atoms with Crippen molar-refractivity contribution in [2.45, 2.75) is 40.4 Å². The van der Waals surface area contributed by atoms with E-state index in [0.717, 1.165) is 33.3 Å². The molecule has 2 heterocycles. The third-order valence-corrected chi connectivity index (χ3v) is 6.17. The van der Waals surface area contributed by atoms with Crippen molar-refractivity contribution in [3.05, 3.63) is 31.3 Å². The molecule has 0 aromatic carbocycles. The second-order valence-corrected chi connectivity index (χ2v) is 7.95. The third kappa shape index (κ3) is 3.77. The number of aromatic nitrogens is 2. The third-order valence-electron chi connectivity index (χ3n) is 3.98. The normalized spacial score (nSPS) is 11.5. The van der Waals surface area contributed by atoms with Crippen LogP contribution in [0.25, 0.3) is 10.2 Å². The molecule has 2 rings (SSSR count). The highest BCUT2D eigenvalue weighted by Gasteiger charge is 2.19. The van der Waals surface area contributed by atoms with E-state index in [9.17, 15) is 9.59 Å². The van der Waals surface area contributed by atoms with Crippen molar-refractivity contribution < 1.29 is 0 Å². The Kier molecular flexibility index (Phi) is 7.09. The molecular weight excluding hydrogens is 344 g/mol. The predicted molar refractivity (Wildman–Crippen MR) is 105 cm³/mol. The van der Waals surface area contributed by atoms with Gasteiger partial charge in [0.25, 0.3) is 5.56 Å². The van der Waals surface area contributed by atoms with Crippen LogP contribution in [0.15, 0.2) is 9.59 Å². The summed E-state index contributed by atoms with van der Waals surface area (Å²) in [6, 6.07) is 0. The van der Waals surface area contributed by atoms with Gasteiger partial charge in [-0.05, 0) is 25.2 Å². The van der Waals surface area contributed by atoms with Crippen LogP contribution >= 0.6 is 23.1 Å². The Hall–Kier alpha value is -1.09. The zero-order chi connectivity index (χ0) is 17.7. The van der Waals surface area contributed by atoms with E-state index in [2.05, 4.69) is 12.2 Å². The molecule has 0 spiro atoms. The summed E-state index contributed by atoms with van der Waals surface area (Å²) in [4.78, 5) is 27.3. The van der Waals surface area contributed by atoms with E-state index in [1.807, 2.05) is 13.8 Å². The molecule has 0 atom stereocenters. The molecule has 6 nitrogen and oxygen atoms in total. The minimum Gasteiger partial charge on any atom is -0.329 e. The predicted octanol–water partition coefficient (Wildman–Crippen LogP) is 1.35. The van der Waals surface area contributed by atoms with Crippen molar-refractivity contribution in [3.63, 3.8) is 0 Å². The van der Waals surface area contributed by atoms with Crippen molar-refractivity contribution in [3.8, 4) is 0 Å². The van der Waals surface area contributed by atoms with E-state index < -0.39 is 0 Å². The fourth-order valence-electron chi connectivity index (χ4n) is 2.69. The topological polar surface area (TPSA) is 82.0 Å². The summed E-state index contributed by atoms with van der Waals surface area (Å²) in [5.41, 5.74) is 6.12. The smallest absolute Gasteiger partial charge is 0.329 e. The summed E-state index contributed by atoms with van der Waals surface area (Å²) in [6.45, 7) is 8.91. The van der Waals surface area contributed by atoms with Crippen molar-refractivity contribution in [2.75, 3.05) is 24.6 Å². The Balaban J connectivity index is 2.58.